The Hall–Kier alpha value is -2.02. The zero-order valence-corrected chi connectivity index (χ0v) is 10.1. The van der Waals surface area contributed by atoms with Crippen LogP contribution in [0.15, 0.2) is 38.3 Å². The van der Waals surface area contributed by atoms with Crippen LogP contribution in [0, 0.1) is 0 Å². The molecule has 0 saturated heterocycles. The quantitative estimate of drug-likeness (QED) is 0.714. The van der Waals surface area contributed by atoms with Gasteiger partial charge in [0.1, 0.15) is 11.4 Å². The number of H-pyrrole nitrogens is 1. The largest absolute Gasteiger partial charge is 0.448 e. The monoisotopic (exact) mass is 294 g/mol. The second-order valence-electron chi connectivity index (χ2n) is 3.49. The van der Waals surface area contributed by atoms with Crippen molar-refractivity contribution in [1.29, 1.82) is 0 Å². The first-order valence-corrected chi connectivity index (χ1v) is 5.56. The van der Waals surface area contributed by atoms with Crippen molar-refractivity contribution in [3.05, 3.63) is 39.4 Å². The molecule has 86 valence electrons. The molecule has 0 amide bonds. The Kier molecular flexibility index (Phi) is 2.08. The lowest BCUT2D eigenvalue weighted by Gasteiger charge is -1.93. The van der Waals surface area contributed by atoms with Gasteiger partial charge in [0.25, 0.3) is 5.56 Å². The number of fused-ring (bicyclic) bond motifs is 1. The van der Waals surface area contributed by atoms with E-state index in [0.29, 0.717) is 21.8 Å². The number of nitrogens with one attached hydrogen (secondary N) is 1. The van der Waals surface area contributed by atoms with E-state index in [-0.39, 0.29) is 11.2 Å². The van der Waals surface area contributed by atoms with Gasteiger partial charge in [-0.3, -0.25) is 9.89 Å². The van der Waals surface area contributed by atoms with Crippen molar-refractivity contribution in [2.75, 3.05) is 5.73 Å². The average Bonchev–Trinajstić information content (AvgIpc) is 2.90. The third-order valence-electron chi connectivity index (χ3n) is 2.36. The molecule has 17 heavy (non-hydrogen) atoms. The Morgan fingerprint density at radius 3 is 3.00 bits per heavy atom. The molecule has 0 bridgehead atoms. The van der Waals surface area contributed by atoms with Gasteiger partial charge < -0.3 is 10.2 Å². The lowest BCUT2D eigenvalue weighted by Crippen LogP contribution is -2.18. The minimum Gasteiger partial charge on any atom is -0.448 e. The van der Waals surface area contributed by atoms with Crippen molar-refractivity contribution in [3.8, 4) is 11.5 Å². The first-order chi connectivity index (χ1) is 8.15. The highest BCUT2D eigenvalue weighted by Gasteiger charge is 2.09. The summed E-state index contributed by atoms with van der Waals surface area (Å²) < 4.78 is 7.28. The van der Waals surface area contributed by atoms with Gasteiger partial charge >= 0.3 is 0 Å². The number of anilines is 1. The Balaban J connectivity index is 2.27. The Labute approximate surface area is 103 Å². The predicted molar refractivity (Wildman–Crippen MR) is 65.6 cm³/mol. The second-order valence-corrected chi connectivity index (χ2v) is 4.27. The molecule has 0 aliphatic carbocycles. The lowest BCUT2D eigenvalue weighted by molar-refractivity contribution is 0.553. The highest BCUT2D eigenvalue weighted by Crippen LogP contribution is 2.24. The van der Waals surface area contributed by atoms with Crippen LogP contribution in [-0.2, 0) is 0 Å². The molecular weight excluding hydrogens is 288 g/mol. The molecule has 7 heteroatoms. The molecule has 0 fully saturated rings. The van der Waals surface area contributed by atoms with Gasteiger partial charge in [-0.1, -0.05) is 0 Å². The molecule has 0 aliphatic heterocycles. The summed E-state index contributed by atoms with van der Waals surface area (Å²) in [6.45, 7) is 0. The van der Waals surface area contributed by atoms with Crippen LogP contribution in [-0.4, -0.2) is 14.6 Å². The van der Waals surface area contributed by atoms with Gasteiger partial charge in [0.05, 0.1) is 6.20 Å². The van der Waals surface area contributed by atoms with Gasteiger partial charge in [0.2, 0.25) is 0 Å². The van der Waals surface area contributed by atoms with Crippen LogP contribution in [0.25, 0.3) is 17.1 Å². The highest BCUT2D eigenvalue weighted by molar-refractivity contribution is 9.10. The number of aromatic nitrogens is 3. The Bertz CT molecular complexity index is 755. The van der Waals surface area contributed by atoms with Crippen molar-refractivity contribution in [3.63, 3.8) is 0 Å². The van der Waals surface area contributed by atoms with Crippen molar-refractivity contribution in [2.24, 2.45) is 0 Å². The summed E-state index contributed by atoms with van der Waals surface area (Å²) in [4.78, 5) is 15.8. The first-order valence-electron chi connectivity index (χ1n) is 4.77. The van der Waals surface area contributed by atoms with Crippen LogP contribution in [0.3, 0.4) is 0 Å². The predicted octanol–water partition coefficient (Wildman–Crippen LogP) is 1.63. The summed E-state index contributed by atoms with van der Waals surface area (Å²) in [5, 5.41) is 2.88. The fraction of sp³-hybridized carbons (Fsp3) is 0. The molecule has 0 radical (unpaired) electrons. The van der Waals surface area contributed by atoms with Gasteiger partial charge in [-0.2, -0.15) is 4.52 Å². The van der Waals surface area contributed by atoms with Crippen molar-refractivity contribution in [2.45, 2.75) is 0 Å². The molecular formula is C10H7BrN4O2. The standard InChI is InChI=1S/C10H7BrN4O2/c11-8-2-1-7(17-8)6-3-9-13-4-5(12)10(16)15(9)14-6/h1-4,14H,12H2. The maximum absolute atomic E-state index is 11.7. The molecule has 0 atom stereocenters. The van der Waals surface area contributed by atoms with E-state index in [9.17, 15) is 4.79 Å². The zero-order valence-electron chi connectivity index (χ0n) is 8.48. The topological polar surface area (TPSA) is 89.3 Å². The number of nitrogen functional groups attached to an aromatic ring is 1. The minimum absolute atomic E-state index is 0.0940. The normalized spacial score (nSPS) is 11.1. The fourth-order valence-electron chi connectivity index (χ4n) is 1.56. The summed E-state index contributed by atoms with van der Waals surface area (Å²) in [6.07, 6.45) is 1.34. The smallest absolute Gasteiger partial charge is 0.295 e. The molecule has 0 aliphatic rings. The van der Waals surface area contributed by atoms with Crippen molar-refractivity contribution in [1.82, 2.24) is 14.6 Å². The van der Waals surface area contributed by atoms with E-state index in [2.05, 4.69) is 26.0 Å². The molecule has 3 aromatic heterocycles. The fourth-order valence-corrected chi connectivity index (χ4v) is 1.87. The minimum atomic E-state index is -0.327. The highest BCUT2D eigenvalue weighted by atomic mass is 79.9. The van der Waals surface area contributed by atoms with Crippen LogP contribution in [0.4, 0.5) is 5.69 Å². The van der Waals surface area contributed by atoms with Gasteiger partial charge in [0.15, 0.2) is 16.1 Å². The number of nitrogens with zero attached hydrogens (tertiary/aromatic N) is 2. The van der Waals surface area contributed by atoms with E-state index < -0.39 is 0 Å². The van der Waals surface area contributed by atoms with E-state index in [0.717, 1.165) is 0 Å². The third-order valence-corrected chi connectivity index (χ3v) is 2.79. The van der Waals surface area contributed by atoms with Crippen LogP contribution < -0.4 is 11.3 Å². The second kappa shape index (κ2) is 3.49. The van der Waals surface area contributed by atoms with E-state index in [1.807, 2.05) is 0 Å². The molecule has 3 rings (SSSR count). The molecule has 0 spiro atoms. The van der Waals surface area contributed by atoms with Crippen LogP contribution in [0.1, 0.15) is 0 Å². The molecule has 0 unspecified atom stereocenters. The van der Waals surface area contributed by atoms with E-state index in [1.54, 1.807) is 18.2 Å². The molecule has 6 nitrogen and oxygen atoms in total. The lowest BCUT2D eigenvalue weighted by atomic mass is 10.3. The van der Waals surface area contributed by atoms with Gasteiger partial charge in [0, 0.05) is 6.07 Å². The van der Waals surface area contributed by atoms with Gasteiger partial charge in [-0.25, -0.2) is 4.98 Å². The molecule has 0 saturated carbocycles. The van der Waals surface area contributed by atoms with Crippen molar-refractivity contribution >= 4 is 27.3 Å². The van der Waals surface area contributed by atoms with Crippen LogP contribution in [0.2, 0.25) is 0 Å². The van der Waals surface area contributed by atoms with Gasteiger partial charge in [-0.15, -0.1) is 0 Å². The summed E-state index contributed by atoms with van der Waals surface area (Å²) in [5.74, 6) is 0.611. The molecule has 0 aromatic carbocycles. The number of aromatic amines is 1. The summed E-state index contributed by atoms with van der Waals surface area (Å²) in [7, 11) is 0. The molecule has 3 N–H and O–H groups in total. The number of hydrogen-bond acceptors (Lipinski definition) is 4. The van der Waals surface area contributed by atoms with Gasteiger partial charge in [-0.05, 0) is 28.1 Å². The Morgan fingerprint density at radius 1 is 1.47 bits per heavy atom. The number of rotatable bonds is 1. The Morgan fingerprint density at radius 2 is 2.29 bits per heavy atom. The van der Waals surface area contributed by atoms with Crippen LogP contribution in [0.5, 0.6) is 0 Å². The average molecular weight is 295 g/mol. The summed E-state index contributed by atoms with van der Waals surface area (Å²) in [6, 6.07) is 5.26. The van der Waals surface area contributed by atoms with E-state index in [4.69, 9.17) is 10.2 Å². The van der Waals surface area contributed by atoms with E-state index in [1.165, 1.54) is 10.7 Å². The molecule has 3 heterocycles. The van der Waals surface area contributed by atoms with E-state index >= 15 is 0 Å². The third kappa shape index (κ3) is 1.55. The van der Waals surface area contributed by atoms with Crippen LogP contribution >= 0.6 is 15.9 Å². The maximum atomic E-state index is 11.7. The summed E-state index contributed by atoms with van der Waals surface area (Å²) in [5.41, 5.74) is 6.41. The number of halogens is 1. The summed E-state index contributed by atoms with van der Waals surface area (Å²) >= 11 is 3.21. The number of furan rings is 1. The maximum Gasteiger partial charge on any atom is 0.295 e. The zero-order chi connectivity index (χ0) is 12.0. The van der Waals surface area contributed by atoms with Crippen molar-refractivity contribution < 1.29 is 4.42 Å². The number of nitrogens with two attached hydrogens (primary N) is 1. The molecule has 3 aromatic rings. The SMILES string of the molecule is Nc1cnc2cc(-c3ccc(Br)o3)[nH]n2c1=O. The first kappa shape index (κ1) is 10.2. The number of hydrogen-bond donors (Lipinski definition) is 2.